The number of amides is 1. The molecule has 1 aromatic heterocycles. The first-order valence-electron chi connectivity index (χ1n) is 3.69. The summed E-state index contributed by atoms with van der Waals surface area (Å²) in [6, 6.07) is 3.51. The Kier molecular flexibility index (Phi) is 1.63. The Balaban J connectivity index is 2.48. The van der Waals surface area contributed by atoms with Crippen LogP contribution in [-0.4, -0.2) is 16.2 Å². The maximum Gasteiger partial charge on any atom is 0.417 e. The number of nitrogens with zero attached hydrogens (tertiary/aromatic N) is 2. The third kappa shape index (κ3) is 1.20. The van der Waals surface area contributed by atoms with Crippen molar-refractivity contribution in [3.8, 4) is 0 Å². The largest absolute Gasteiger partial charge is 0.464 e. The minimum atomic E-state index is -1.04. The molecule has 66 valence electrons. The first-order valence-corrected chi connectivity index (χ1v) is 3.69. The minimum Gasteiger partial charge on any atom is -0.464 e. The van der Waals surface area contributed by atoms with Gasteiger partial charge in [-0.15, -0.1) is 0 Å². The van der Waals surface area contributed by atoms with Crippen molar-refractivity contribution in [1.29, 1.82) is 0 Å². The molecule has 0 saturated carbocycles. The Bertz CT molecular complexity index is 375. The standard InChI is InChI=1S/C8H7N3O2/c12-8(13)11-5-4-9-6-2-1-3-10-7(6)11/h1-5,9H,(H,12,13). The molecule has 5 nitrogen and oxygen atoms in total. The number of rotatable bonds is 0. The second-order valence-corrected chi connectivity index (χ2v) is 2.49. The first-order chi connectivity index (χ1) is 6.29. The van der Waals surface area contributed by atoms with Crippen LogP contribution < -0.4 is 10.2 Å². The van der Waals surface area contributed by atoms with Crippen LogP contribution in [0.25, 0.3) is 0 Å². The SMILES string of the molecule is O=C(O)N1C=CNc2cccnc21. The van der Waals surface area contributed by atoms with Crippen molar-refractivity contribution >= 4 is 17.6 Å². The predicted molar refractivity (Wildman–Crippen MR) is 47.5 cm³/mol. The van der Waals surface area contributed by atoms with Gasteiger partial charge in [0, 0.05) is 18.6 Å². The molecular weight excluding hydrogens is 170 g/mol. The van der Waals surface area contributed by atoms with Gasteiger partial charge in [0.25, 0.3) is 0 Å². The second-order valence-electron chi connectivity index (χ2n) is 2.49. The summed E-state index contributed by atoms with van der Waals surface area (Å²) in [4.78, 5) is 15.7. The summed E-state index contributed by atoms with van der Waals surface area (Å²) in [5, 5.41) is 11.7. The second kappa shape index (κ2) is 2.78. The van der Waals surface area contributed by atoms with Gasteiger partial charge in [-0.2, -0.15) is 0 Å². The van der Waals surface area contributed by atoms with Crippen LogP contribution in [-0.2, 0) is 0 Å². The van der Waals surface area contributed by atoms with E-state index in [1.165, 1.54) is 6.20 Å². The summed E-state index contributed by atoms with van der Waals surface area (Å²) in [7, 11) is 0. The van der Waals surface area contributed by atoms with Crippen molar-refractivity contribution in [2.75, 3.05) is 10.2 Å². The number of pyridine rings is 1. The molecule has 1 aromatic rings. The van der Waals surface area contributed by atoms with Crippen molar-refractivity contribution < 1.29 is 9.90 Å². The molecular formula is C8H7N3O2. The van der Waals surface area contributed by atoms with E-state index < -0.39 is 6.09 Å². The fourth-order valence-corrected chi connectivity index (χ4v) is 1.13. The van der Waals surface area contributed by atoms with E-state index >= 15 is 0 Å². The lowest BCUT2D eigenvalue weighted by Gasteiger charge is -2.20. The molecule has 0 atom stereocenters. The molecule has 1 aliphatic heterocycles. The zero-order valence-corrected chi connectivity index (χ0v) is 6.64. The molecule has 0 fully saturated rings. The smallest absolute Gasteiger partial charge is 0.417 e. The summed E-state index contributed by atoms with van der Waals surface area (Å²) < 4.78 is 0. The van der Waals surface area contributed by atoms with Crippen LogP contribution in [0.2, 0.25) is 0 Å². The Labute approximate surface area is 74.3 Å². The Morgan fingerprint density at radius 3 is 3.23 bits per heavy atom. The fraction of sp³-hybridized carbons (Fsp3) is 0. The Morgan fingerprint density at radius 2 is 2.46 bits per heavy atom. The lowest BCUT2D eigenvalue weighted by molar-refractivity contribution is 0.204. The number of anilines is 2. The topological polar surface area (TPSA) is 65.5 Å². The number of carbonyl (C=O) groups is 1. The summed E-state index contributed by atoms with van der Waals surface area (Å²) in [5.41, 5.74) is 0.687. The third-order valence-electron chi connectivity index (χ3n) is 1.68. The highest BCUT2D eigenvalue weighted by atomic mass is 16.4. The quantitative estimate of drug-likeness (QED) is 0.629. The van der Waals surface area contributed by atoms with E-state index in [1.54, 1.807) is 24.5 Å². The van der Waals surface area contributed by atoms with Gasteiger partial charge < -0.3 is 10.4 Å². The Hall–Kier alpha value is -2.04. The molecule has 0 bridgehead atoms. The van der Waals surface area contributed by atoms with Crippen LogP contribution in [0.3, 0.4) is 0 Å². The number of hydrogen-bond donors (Lipinski definition) is 2. The van der Waals surface area contributed by atoms with Crippen molar-refractivity contribution in [3.05, 3.63) is 30.7 Å². The van der Waals surface area contributed by atoms with E-state index in [0.717, 1.165) is 4.90 Å². The van der Waals surface area contributed by atoms with Gasteiger partial charge in [-0.25, -0.2) is 14.7 Å². The maximum atomic E-state index is 10.7. The molecule has 1 amide bonds. The van der Waals surface area contributed by atoms with Crippen molar-refractivity contribution in [2.24, 2.45) is 0 Å². The third-order valence-corrected chi connectivity index (χ3v) is 1.68. The molecule has 2 N–H and O–H groups in total. The highest BCUT2D eigenvalue weighted by Crippen LogP contribution is 2.25. The van der Waals surface area contributed by atoms with E-state index in [1.807, 2.05) is 0 Å². The fourth-order valence-electron chi connectivity index (χ4n) is 1.13. The average molecular weight is 177 g/mol. The molecule has 0 saturated heterocycles. The van der Waals surface area contributed by atoms with Crippen LogP contribution in [0.4, 0.5) is 16.3 Å². The van der Waals surface area contributed by atoms with Crippen LogP contribution in [0.15, 0.2) is 30.7 Å². The van der Waals surface area contributed by atoms with Crippen molar-refractivity contribution in [3.63, 3.8) is 0 Å². The Morgan fingerprint density at radius 1 is 1.62 bits per heavy atom. The molecule has 0 aromatic carbocycles. The number of carboxylic acid groups (broad SMARTS) is 1. The lowest BCUT2D eigenvalue weighted by atomic mass is 10.3. The molecule has 2 heterocycles. The van der Waals surface area contributed by atoms with Crippen molar-refractivity contribution in [1.82, 2.24) is 4.98 Å². The minimum absolute atomic E-state index is 0.400. The van der Waals surface area contributed by atoms with Gasteiger partial charge in [-0.05, 0) is 12.1 Å². The summed E-state index contributed by atoms with van der Waals surface area (Å²) in [6.07, 6.45) is 3.48. The zero-order valence-electron chi connectivity index (χ0n) is 6.64. The van der Waals surface area contributed by atoms with E-state index in [9.17, 15) is 4.79 Å². The predicted octanol–water partition coefficient (Wildman–Crippen LogP) is 1.46. The van der Waals surface area contributed by atoms with E-state index in [2.05, 4.69) is 10.3 Å². The van der Waals surface area contributed by atoms with Gasteiger partial charge in [0.15, 0.2) is 5.82 Å². The van der Waals surface area contributed by atoms with Gasteiger partial charge in [-0.1, -0.05) is 0 Å². The monoisotopic (exact) mass is 177 g/mol. The van der Waals surface area contributed by atoms with Crippen LogP contribution in [0.5, 0.6) is 0 Å². The zero-order chi connectivity index (χ0) is 9.26. The first kappa shape index (κ1) is 7.60. The van der Waals surface area contributed by atoms with Crippen LogP contribution in [0, 0.1) is 0 Å². The average Bonchev–Trinajstić information content (AvgIpc) is 2.17. The van der Waals surface area contributed by atoms with Gasteiger partial charge >= 0.3 is 6.09 Å². The van der Waals surface area contributed by atoms with Gasteiger partial charge in [-0.3, -0.25) is 0 Å². The summed E-state index contributed by atoms with van der Waals surface area (Å²) in [6.45, 7) is 0. The highest BCUT2D eigenvalue weighted by molar-refractivity contribution is 5.92. The number of nitrogens with one attached hydrogen (secondary N) is 1. The molecule has 5 heteroatoms. The summed E-state index contributed by atoms with van der Waals surface area (Å²) in [5.74, 6) is 0.400. The van der Waals surface area contributed by atoms with Gasteiger partial charge in [0.1, 0.15) is 0 Å². The number of hydrogen-bond acceptors (Lipinski definition) is 3. The molecule has 1 aliphatic rings. The van der Waals surface area contributed by atoms with E-state index in [-0.39, 0.29) is 0 Å². The van der Waals surface area contributed by atoms with Crippen molar-refractivity contribution in [2.45, 2.75) is 0 Å². The molecule has 0 radical (unpaired) electrons. The maximum absolute atomic E-state index is 10.7. The molecule has 0 aliphatic carbocycles. The molecule has 13 heavy (non-hydrogen) atoms. The normalized spacial score (nSPS) is 13.4. The van der Waals surface area contributed by atoms with Crippen LogP contribution >= 0.6 is 0 Å². The van der Waals surface area contributed by atoms with Gasteiger partial charge in [0.05, 0.1) is 5.69 Å². The molecule has 0 spiro atoms. The van der Waals surface area contributed by atoms with Crippen LogP contribution in [0.1, 0.15) is 0 Å². The molecule has 0 unspecified atom stereocenters. The lowest BCUT2D eigenvalue weighted by Crippen LogP contribution is -2.27. The molecule has 2 rings (SSSR count). The van der Waals surface area contributed by atoms with E-state index in [0.29, 0.717) is 11.5 Å². The summed E-state index contributed by atoms with van der Waals surface area (Å²) >= 11 is 0. The number of aromatic nitrogens is 1. The highest BCUT2D eigenvalue weighted by Gasteiger charge is 2.18. The number of fused-ring (bicyclic) bond motifs is 1. The van der Waals surface area contributed by atoms with E-state index in [4.69, 9.17) is 5.11 Å². The van der Waals surface area contributed by atoms with Gasteiger partial charge in [0.2, 0.25) is 0 Å².